The molecule has 1 saturated heterocycles. The number of nitrogens with one attached hydrogen (secondary N) is 1. The summed E-state index contributed by atoms with van der Waals surface area (Å²) in [7, 11) is 0. The summed E-state index contributed by atoms with van der Waals surface area (Å²) in [5.41, 5.74) is -1.80. The van der Waals surface area contributed by atoms with Crippen LogP contribution in [0, 0.1) is 0 Å². The van der Waals surface area contributed by atoms with E-state index in [-0.39, 0.29) is 49.3 Å². The summed E-state index contributed by atoms with van der Waals surface area (Å²) in [6.07, 6.45) is -4.62. The number of piperazine rings is 1. The topological polar surface area (TPSA) is 74.2 Å². The fraction of sp³-hybridized carbons (Fsp3) is 0.323. The molecule has 0 spiro atoms. The van der Waals surface area contributed by atoms with Crippen LogP contribution in [0.15, 0.2) is 71.7 Å². The lowest BCUT2D eigenvalue weighted by atomic mass is 9.71. The summed E-state index contributed by atoms with van der Waals surface area (Å²) in [6, 6.07) is 16.6. The number of amidine groups is 1. The standard InChI is InChI=1S/C31H29Cl2F3N4O3/c1-4-43-25-17-21(31(34,35)36)9-14-24(25)27-38-29(2,19-5-10-22(32)11-6-19)30(3,20-7-12-23(33)13-8-20)40(27)28(42)39-16-15-37-26(41)18-39/h5-14,17H,4,15-16,18H2,1-3H3,(H,37,41)/t29-,30-/m0/s1. The van der Waals surface area contributed by atoms with Crippen molar-refractivity contribution in [1.29, 1.82) is 0 Å². The number of hydrogen-bond donors (Lipinski definition) is 1. The molecule has 2 aliphatic heterocycles. The molecule has 0 radical (unpaired) electrons. The van der Waals surface area contributed by atoms with E-state index < -0.39 is 28.8 Å². The second-order valence-corrected chi connectivity index (χ2v) is 11.5. The van der Waals surface area contributed by atoms with Crippen LogP contribution in [-0.2, 0) is 22.0 Å². The molecule has 226 valence electrons. The molecule has 0 saturated carbocycles. The Kier molecular flexibility index (Phi) is 8.13. The zero-order chi connectivity index (χ0) is 31.2. The van der Waals surface area contributed by atoms with Gasteiger partial charge in [-0.25, -0.2) is 4.79 Å². The van der Waals surface area contributed by atoms with E-state index in [2.05, 4.69) is 5.32 Å². The highest BCUT2D eigenvalue weighted by Gasteiger charge is 2.60. The summed E-state index contributed by atoms with van der Waals surface area (Å²) < 4.78 is 46.9. The number of alkyl halides is 3. The normalized spacial score (nSPS) is 22.3. The van der Waals surface area contributed by atoms with E-state index in [1.807, 2.05) is 13.8 Å². The Morgan fingerprint density at radius 1 is 1.00 bits per heavy atom. The second-order valence-electron chi connectivity index (χ2n) is 10.6. The van der Waals surface area contributed by atoms with Crippen molar-refractivity contribution < 1.29 is 27.5 Å². The van der Waals surface area contributed by atoms with Crippen molar-refractivity contribution in [2.24, 2.45) is 4.99 Å². The first-order valence-corrected chi connectivity index (χ1v) is 14.4. The molecule has 2 heterocycles. The highest BCUT2D eigenvalue weighted by atomic mass is 35.5. The van der Waals surface area contributed by atoms with Gasteiger partial charge in [0.1, 0.15) is 29.2 Å². The molecule has 2 atom stereocenters. The van der Waals surface area contributed by atoms with Gasteiger partial charge in [0.25, 0.3) is 0 Å². The molecule has 0 bridgehead atoms. The van der Waals surface area contributed by atoms with Crippen LogP contribution in [-0.4, -0.2) is 53.8 Å². The number of urea groups is 1. The third-order valence-corrected chi connectivity index (χ3v) is 8.60. The van der Waals surface area contributed by atoms with Crippen molar-refractivity contribution in [3.8, 4) is 5.75 Å². The average Bonchev–Trinajstić information content (AvgIpc) is 3.21. The Balaban J connectivity index is 1.81. The third kappa shape index (κ3) is 5.42. The molecule has 0 aromatic heterocycles. The first-order valence-electron chi connectivity index (χ1n) is 13.6. The van der Waals surface area contributed by atoms with Crippen molar-refractivity contribution >= 4 is 41.0 Å². The first-order chi connectivity index (χ1) is 20.3. The van der Waals surface area contributed by atoms with E-state index >= 15 is 0 Å². The minimum atomic E-state index is -4.62. The van der Waals surface area contributed by atoms with Gasteiger partial charge in [0.2, 0.25) is 5.91 Å². The van der Waals surface area contributed by atoms with Crippen LogP contribution in [0.25, 0.3) is 0 Å². The predicted octanol–water partition coefficient (Wildman–Crippen LogP) is 6.86. The molecule has 43 heavy (non-hydrogen) atoms. The molecule has 2 aliphatic rings. The Morgan fingerprint density at radius 2 is 1.60 bits per heavy atom. The van der Waals surface area contributed by atoms with Crippen molar-refractivity contribution in [2.45, 2.75) is 38.0 Å². The van der Waals surface area contributed by atoms with Crippen molar-refractivity contribution in [3.05, 3.63) is 99.0 Å². The quantitative estimate of drug-likeness (QED) is 0.334. The van der Waals surface area contributed by atoms with E-state index in [4.69, 9.17) is 32.9 Å². The number of carbonyl (C=O) groups is 2. The second kappa shape index (κ2) is 11.4. The van der Waals surface area contributed by atoms with E-state index in [9.17, 15) is 22.8 Å². The van der Waals surface area contributed by atoms with Crippen LogP contribution >= 0.6 is 23.2 Å². The maximum atomic E-state index is 14.6. The first kappa shape index (κ1) is 30.7. The van der Waals surface area contributed by atoms with Crippen LogP contribution in [0.4, 0.5) is 18.0 Å². The fourth-order valence-corrected chi connectivity index (χ4v) is 5.92. The maximum Gasteiger partial charge on any atom is 0.416 e. The number of halogens is 5. The van der Waals surface area contributed by atoms with Crippen LogP contribution in [0.2, 0.25) is 10.0 Å². The molecule has 12 heteroatoms. The zero-order valence-electron chi connectivity index (χ0n) is 23.6. The van der Waals surface area contributed by atoms with Gasteiger partial charge in [0.15, 0.2) is 0 Å². The van der Waals surface area contributed by atoms with Crippen molar-refractivity contribution in [3.63, 3.8) is 0 Å². The van der Waals surface area contributed by atoms with Gasteiger partial charge in [-0.1, -0.05) is 47.5 Å². The van der Waals surface area contributed by atoms with Gasteiger partial charge in [-0.05, 0) is 74.4 Å². The summed E-state index contributed by atoms with van der Waals surface area (Å²) in [4.78, 5) is 35.0. The molecular formula is C31H29Cl2F3N4O3. The number of ether oxygens (including phenoxy) is 1. The molecular weight excluding hydrogens is 604 g/mol. The minimum Gasteiger partial charge on any atom is -0.493 e. The van der Waals surface area contributed by atoms with Crippen LogP contribution < -0.4 is 10.1 Å². The number of aliphatic imine (C=N–C) groups is 1. The van der Waals surface area contributed by atoms with Gasteiger partial charge < -0.3 is 15.0 Å². The van der Waals surface area contributed by atoms with Crippen LogP contribution in [0.3, 0.4) is 0 Å². The smallest absolute Gasteiger partial charge is 0.416 e. The van der Waals surface area contributed by atoms with E-state index in [1.165, 1.54) is 15.9 Å². The number of rotatable bonds is 5. The molecule has 1 N–H and O–H groups in total. The molecule has 5 rings (SSSR count). The number of hydrogen-bond acceptors (Lipinski definition) is 4. The van der Waals surface area contributed by atoms with Crippen molar-refractivity contribution in [2.75, 3.05) is 26.2 Å². The molecule has 0 aliphatic carbocycles. The predicted molar refractivity (Wildman–Crippen MR) is 159 cm³/mol. The van der Waals surface area contributed by atoms with Gasteiger partial charge in [-0.15, -0.1) is 0 Å². The number of carbonyl (C=O) groups excluding carboxylic acids is 2. The largest absolute Gasteiger partial charge is 0.493 e. The summed E-state index contributed by atoms with van der Waals surface area (Å²) in [5.74, 6) is -0.303. The van der Waals surface area contributed by atoms with Gasteiger partial charge in [0.05, 0.1) is 17.7 Å². The van der Waals surface area contributed by atoms with E-state index in [0.29, 0.717) is 21.2 Å². The SMILES string of the molecule is CCOc1cc(C(F)(F)F)ccc1C1=N[C@@](C)(c2ccc(Cl)cc2)[C@](C)(c2ccc(Cl)cc2)N1C(=O)N1CCNC(=O)C1. The van der Waals surface area contributed by atoms with Gasteiger partial charge in [0, 0.05) is 23.1 Å². The fourth-order valence-electron chi connectivity index (χ4n) is 5.67. The summed E-state index contributed by atoms with van der Waals surface area (Å²) >= 11 is 12.5. The number of amides is 3. The molecule has 7 nitrogen and oxygen atoms in total. The average molecular weight is 633 g/mol. The summed E-state index contributed by atoms with van der Waals surface area (Å²) in [5, 5.41) is 3.69. The van der Waals surface area contributed by atoms with Gasteiger partial charge >= 0.3 is 12.2 Å². The number of nitrogens with zero attached hydrogens (tertiary/aromatic N) is 3. The lowest BCUT2D eigenvalue weighted by Gasteiger charge is -2.46. The summed E-state index contributed by atoms with van der Waals surface area (Å²) in [6.45, 7) is 5.72. The molecule has 1 fully saturated rings. The van der Waals surface area contributed by atoms with Crippen LogP contribution in [0.5, 0.6) is 5.75 Å². The Hall–Kier alpha value is -3.76. The highest BCUT2D eigenvalue weighted by Crippen LogP contribution is 2.54. The van der Waals surface area contributed by atoms with E-state index in [1.54, 1.807) is 55.5 Å². The maximum absolute atomic E-state index is 14.6. The third-order valence-electron chi connectivity index (χ3n) is 8.10. The molecule has 3 aromatic rings. The molecule has 3 amide bonds. The van der Waals surface area contributed by atoms with Crippen molar-refractivity contribution in [1.82, 2.24) is 15.1 Å². The Bertz CT molecular complexity index is 1580. The van der Waals surface area contributed by atoms with E-state index in [0.717, 1.165) is 12.1 Å². The minimum absolute atomic E-state index is 0.0741. The number of benzene rings is 3. The van der Waals surface area contributed by atoms with Crippen LogP contribution in [0.1, 0.15) is 43.0 Å². The Labute approximate surface area is 257 Å². The zero-order valence-corrected chi connectivity index (χ0v) is 25.1. The van der Waals surface area contributed by atoms with Gasteiger partial charge in [-0.2, -0.15) is 13.2 Å². The Morgan fingerprint density at radius 3 is 2.16 bits per heavy atom. The molecule has 3 aromatic carbocycles. The lowest BCUT2D eigenvalue weighted by Crippen LogP contribution is -2.61. The molecule has 0 unspecified atom stereocenters. The lowest BCUT2D eigenvalue weighted by molar-refractivity contribution is -0.137. The monoisotopic (exact) mass is 632 g/mol. The van der Waals surface area contributed by atoms with Gasteiger partial charge in [-0.3, -0.25) is 14.7 Å². The highest BCUT2D eigenvalue weighted by molar-refractivity contribution is 6.30.